The third kappa shape index (κ3) is 4.50. The molecule has 3 aromatic rings. The number of carbonyl (C=O) groups is 2. The molecule has 6 atom stereocenters. The van der Waals surface area contributed by atoms with E-state index in [1.807, 2.05) is 0 Å². The highest BCUT2D eigenvalue weighted by molar-refractivity contribution is 6.34. The van der Waals surface area contributed by atoms with E-state index in [1.165, 1.54) is 24.4 Å². The number of aromatic nitrogens is 1. The minimum absolute atomic E-state index is 0.00610. The zero-order valence-electron chi connectivity index (χ0n) is 21.0. The zero-order valence-corrected chi connectivity index (χ0v) is 21.0. The number of aryl methyl sites for hydroxylation is 1. The topological polar surface area (TPSA) is 199 Å². The molecular weight excluding hydrogens is 512 g/mol. The molecule has 0 saturated carbocycles. The number of phenols is 1. The SMILES string of the molecule is Cc1cc(O)c2c(c1)C(=O)c1c(c(OC3OC(CO)C(O)C(O)C3O)cc3c(NCC(C)O)nccc13)C2=O. The fourth-order valence-corrected chi connectivity index (χ4v) is 4.97. The second-order valence-corrected chi connectivity index (χ2v) is 9.79. The number of benzene rings is 2. The van der Waals surface area contributed by atoms with Crippen molar-refractivity contribution in [2.24, 2.45) is 0 Å². The summed E-state index contributed by atoms with van der Waals surface area (Å²) in [6.07, 6.45) is -7.38. The summed E-state index contributed by atoms with van der Waals surface area (Å²) in [4.78, 5) is 32.0. The van der Waals surface area contributed by atoms with Crippen molar-refractivity contribution in [1.82, 2.24) is 4.98 Å². The van der Waals surface area contributed by atoms with Crippen LogP contribution in [0.5, 0.6) is 11.5 Å². The number of aliphatic hydroxyl groups excluding tert-OH is 5. The van der Waals surface area contributed by atoms with Crippen molar-refractivity contribution in [1.29, 1.82) is 0 Å². The van der Waals surface area contributed by atoms with E-state index < -0.39 is 55.0 Å². The van der Waals surface area contributed by atoms with Crippen molar-refractivity contribution in [3.63, 3.8) is 0 Å². The molecule has 1 aliphatic carbocycles. The van der Waals surface area contributed by atoms with Gasteiger partial charge in [0.2, 0.25) is 12.1 Å². The van der Waals surface area contributed by atoms with Crippen molar-refractivity contribution in [2.75, 3.05) is 18.5 Å². The number of carbonyl (C=O) groups excluding carboxylic acids is 2. The Hall–Kier alpha value is -3.65. The van der Waals surface area contributed by atoms with E-state index in [-0.39, 0.29) is 46.1 Å². The van der Waals surface area contributed by atoms with Crippen LogP contribution in [0, 0.1) is 6.92 Å². The van der Waals surface area contributed by atoms with Crippen molar-refractivity contribution >= 4 is 28.2 Å². The van der Waals surface area contributed by atoms with Crippen molar-refractivity contribution in [3.05, 3.63) is 58.3 Å². The van der Waals surface area contributed by atoms with Gasteiger partial charge in [-0.2, -0.15) is 0 Å². The van der Waals surface area contributed by atoms with E-state index in [4.69, 9.17) is 9.47 Å². The van der Waals surface area contributed by atoms with Gasteiger partial charge in [0.25, 0.3) is 0 Å². The van der Waals surface area contributed by atoms with Gasteiger partial charge in [-0.25, -0.2) is 4.98 Å². The summed E-state index contributed by atoms with van der Waals surface area (Å²) in [5.74, 6) is -1.61. The van der Waals surface area contributed by atoms with Crippen LogP contribution in [-0.2, 0) is 4.74 Å². The highest BCUT2D eigenvalue weighted by Crippen LogP contribution is 2.43. The van der Waals surface area contributed by atoms with Crippen LogP contribution in [0.3, 0.4) is 0 Å². The minimum atomic E-state index is -1.78. The quantitative estimate of drug-likeness (QED) is 0.173. The maximum Gasteiger partial charge on any atom is 0.229 e. The number of ketones is 2. The first-order valence-corrected chi connectivity index (χ1v) is 12.3. The number of aliphatic hydroxyl groups is 5. The number of anilines is 1. The largest absolute Gasteiger partial charge is 0.507 e. The summed E-state index contributed by atoms with van der Waals surface area (Å²) < 4.78 is 11.4. The second-order valence-electron chi connectivity index (χ2n) is 9.79. The first-order chi connectivity index (χ1) is 18.5. The van der Waals surface area contributed by atoms with Gasteiger partial charge >= 0.3 is 0 Å². The molecule has 7 N–H and O–H groups in total. The monoisotopic (exact) mass is 540 g/mol. The average Bonchev–Trinajstić information content (AvgIpc) is 2.89. The van der Waals surface area contributed by atoms with Crippen LogP contribution in [-0.4, -0.2) is 97.2 Å². The molecule has 5 rings (SSSR count). The molecule has 0 radical (unpaired) electrons. The van der Waals surface area contributed by atoms with Crippen LogP contribution in [0.2, 0.25) is 0 Å². The molecular formula is C27H28N2O10. The zero-order chi connectivity index (χ0) is 28.2. The smallest absolute Gasteiger partial charge is 0.229 e. The highest BCUT2D eigenvalue weighted by atomic mass is 16.7. The lowest BCUT2D eigenvalue weighted by Gasteiger charge is -2.40. The fraction of sp³-hybridized carbons (Fsp3) is 0.370. The van der Waals surface area contributed by atoms with Gasteiger partial charge in [-0.1, -0.05) is 0 Å². The molecule has 12 nitrogen and oxygen atoms in total. The Morgan fingerprint density at radius 3 is 2.46 bits per heavy atom. The Labute approximate surface area is 222 Å². The molecule has 0 amide bonds. The fourth-order valence-electron chi connectivity index (χ4n) is 4.97. The summed E-state index contributed by atoms with van der Waals surface area (Å²) in [6, 6.07) is 5.80. The Morgan fingerprint density at radius 2 is 1.77 bits per heavy atom. The van der Waals surface area contributed by atoms with Crippen molar-refractivity contribution < 1.29 is 49.7 Å². The number of nitrogens with one attached hydrogen (secondary N) is 1. The summed E-state index contributed by atoms with van der Waals surface area (Å²) in [5.41, 5.74) is 0.125. The average molecular weight is 541 g/mol. The first kappa shape index (κ1) is 26.9. The summed E-state index contributed by atoms with van der Waals surface area (Å²) >= 11 is 0. The van der Waals surface area contributed by atoms with Gasteiger partial charge in [0.15, 0.2) is 5.78 Å². The third-order valence-corrected chi connectivity index (χ3v) is 6.88. The standard InChI is InChI=1S/C27H28N2O10/c1-10-5-14-18(15(32)6-10)23(35)20-16(38-27-25(37)24(36)22(34)17(9-30)39-27)7-13-12(19(20)21(14)33)3-4-28-26(13)29-8-11(2)31/h3-7,11,17,22,24-25,27,30-32,34,36-37H,8-9H2,1-2H3,(H,28,29). The Morgan fingerprint density at radius 1 is 1.03 bits per heavy atom. The van der Waals surface area contributed by atoms with Gasteiger partial charge in [0, 0.05) is 29.3 Å². The van der Waals surface area contributed by atoms with Crippen LogP contribution >= 0.6 is 0 Å². The molecule has 2 aromatic carbocycles. The number of ether oxygens (including phenoxy) is 2. The number of nitrogens with zero attached hydrogens (tertiary/aromatic N) is 1. The maximum absolute atomic E-state index is 13.9. The third-order valence-electron chi connectivity index (χ3n) is 6.88. The Bertz CT molecular complexity index is 1470. The van der Waals surface area contributed by atoms with Crippen LogP contribution in [0.4, 0.5) is 5.82 Å². The van der Waals surface area contributed by atoms with Crippen LogP contribution in [0.15, 0.2) is 30.5 Å². The van der Waals surface area contributed by atoms with Gasteiger partial charge in [-0.3, -0.25) is 9.59 Å². The van der Waals surface area contributed by atoms with Gasteiger partial charge in [-0.05, 0) is 49.1 Å². The number of rotatable bonds is 6. The van der Waals surface area contributed by atoms with Crippen LogP contribution in [0.25, 0.3) is 10.8 Å². The number of fused-ring (bicyclic) bond motifs is 4. The van der Waals surface area contributed by atoms with E-state index in [1.54, 1.807) is 19.9 Å². The maximum atomic E-state index is 13.9. The molecule has 1 aromatic heterocycles. The van der Waals surface area contributed by atoms with E-state index in [0.29, 0.717) is 16.3 Å². The van der Waals surface area contributed by atoms with Crippen molar-refractivity contribution in [3.8, 4) is 11.5 Å². The van der Waals surface area contributed by atoms with Crippen LogP contribution in [0.1, 0.15) is 44.3 Å². The predicted octanol–water partition coefficient (Wildman–Crippen LogP) is -0.00438. The molecule has 39 heavy (non-hydrogen) atoms. The van der Waals surface area contributed by atoms with E-state index in [2.05, 4.69) is 10.3 Å². The molecule has 1 fully saturated rings. The molecule has 1 aliphatic heterocycles. The Kier molecular flexibility index (Phi) is 7.01. The number of hydrogen-bond acceptors (Lipinski definition) is 12. The number of hydrogen-bond donors (Lipinski definition) is 7. The lowest BCUT2D eigenvalue weighted by Crippen LogP contribution is -2.60. The van der Waals surface area contributed by atoms with E-state index in [9.17, 15) is 40.2 Å². The van der Waals surface area contributed by atoms with Gasteiger partial charge in [0.1, 0.15) is 41.7 Å². The number of aromatic hydroxyl groups is 1. The van der Waals surface area contributed by atoms with E-state index >= 15 is 0 Å². The summed E-state index contributed by atoms with van der Waals surface area (Å²) in [7, 11) is 0. The van der Waals surface area contributed by atoms with Gasteiger partial charge < -0.3 is 45.4 Å². The van der Waals surface area contributed by atoms with Gasteiger partial charge in [0.05, 0.1) is 23.8 Å². The molecule has 206 valence electrons. The first-order valence-electron chi connectivity index (χ1n) is 12.3. The summed E-state index contributed by atoms with van der Waals surface area (Å²) in [5, 5.41) is 64.6. The highest BCUT2D eigenvalue weighted by Gasteiger charge is 2.46. The van der Waals surface area contributed by atoms with Crippen LogP contribution < -0.4 is 10.1 Å². The number of phenolic OH excluding ortho intramolecular Hbond substituents is 1. The predicted molar refractivity (Wildman–Crippen MR) is 136 cm³/mol. The Balaban J connectivity index is 1.73. The van der Waals surface area contributed by atoms with E-state index in [0.717, 1.165) is 0 Å². The molecule has 0 bridgehead atoms. The molecule has 2 heterocycles. The van der Waals surface area contributed by atoms with Crippen molar-refractivity contribution in [2.45, 2.75) is 50.7 Å². The second kappa shape index (κ2) is 10.2. The number of pyridine rings is 1. The normalized spacial score (nSPS) is 25.3. The minimum Gasteiger partial charge on any atom is -0.507 e. The molecule has 12 heteroatoms. The molecule has 6 unspecified atom stereocenters. The lowest BCUT2D eigenvalue weighted by atomic mass is 9.80. The van der Waals surface area contributed by atoms with Gasteiger partial charge in [-0.15, -0.1) is 0 Å². The molecule has 2 aliphatic rings. The molecule has 0 spiro atoms. The lowest BCUT2D eigenvalue weighted by molar-refractivity contribution is -0.277. The molecule has 1 saturated heterocycles. The summed E-state index contributed by atoms with van der Waals surface area (Å²) in [6.45, 7) is 2.67.